The van der Waals surface area contributed by atoms with Gasteiger partial charge < -0.3 is 9.73 Å². The van der Waals surface area contributed by atoms with Gasteiger partial charge in [0.05, 0.1) is 11.8 Å². The van der Waals surface area contributed by atoms with Crippen molar-refractivity contribution in [2.24, 2.45) is 0 Å². The Morgan fingerprint density at radius 3 is 3.24 bits per heavy atom. The zero-order chi connectivity index (χ0) is 14.7. The average Bonchev–Trinajstić information content (AvgIpc) is 2.96. The van der Waals surface area contributed by atoms with Crippen LogP contribution in [0.5, 0.6) is 0 Å². The Hall–Kier alpha value is -1.87. The third kappa shape index (κ3) is 3.24. The first-order chi connectivity index (χ1) is 10.3. The van der Waals surface area contributed by atoms with Crippen molar-refractivity contribution in [2.75, 3.05) is 19.6 Å². The maximum atomic E-state index is 9.16. The summed E-state index contributed by atoms with van der Waals surface area (Å²) in [6.45, 7) is 3.02. The number of nitrogens with zero attached hydrogens (tertiary/aromatic N) is 3. The van der Waals surface area contributed by atoms with Gasteiger partial charge in [-0.05, 0) is 18.2 Å². The van der Waals surface area contributed by atoms with Crippen LogP contribution in [0.3, 0.4) is 0 Å². The minimum atomic E-state index is -0.120. The third-order valence-corrected chi connectivity index (χ3v) is 3.73. The van der Waals surface area contributed by atoms with Crippen molar-refractivity contribution >= 4 is 11.6 Å². The van der Waals surface area contributed by atoms with Crippen LogP contribution in [0.4, 0.5) is 0 Å². The Morgan fingerprint density at radius 2 is 2.43 bits per heavy atom. The molecule has 5 nitrogen and oxygen atoms in total. The molecule has 108 valence electrons. The fraction of sp³-hybridized carbons (Fsp3) is 0.333. The van der Waals surface area contributed by atoms with Crippen LogP contribution < -0.4 is 5.32 Å². The SMILES string of the molecule is N#CC1CNCCN1Cc1coc(-c2cccc(Cl)c2)n1. The summed E-state index contributed by atoms with van der Waals surface area (Å²) in [5.74, 6) is 0.552. The number of hydrogen-bond acceptors (Lipinski definition) is 5. The molecule has 1 saturated heterocycles. The molecule has 1 aromatic carbocycles. The normalized spacial score (nSPS) is 19.3. The van der Waals surface area contributed by atoms with Crippen molar-refractivity contribution in [3.05, 3.63) is 41.2 Å². The molecule has 0 bridgehead atoms. The topological polar surface area (TPSA) is 65.1 Å². The lowest BCUT2D eigenvalue weighted by atomic mass is 10.2. The Balaban J connectivity index is 1.75. The van der Waals surface area contributed by atoms with Gasteiger partial charge >= 0.3 is 0 Å². The smallest absolute Gasteiger partial charge is 0.226 e. The molecule has 1 N–H and O–H groups in total. The molecule has 0 aliphatic carbocycles. The number of nitrogens with one attached hydrogen (secondary N) is 1. The molecular formula is C15H15ClN4O. The van der Waals surface area contributed by atoms with E-state index in [0.29, 0.717) is 24.0 Å². The van der Waals surface area contributed by atoms with Crippen LogP contribution in [0.1, 0.15) is 5.69 Å². The second-order valence-corrected chi connectivity index (χ2v) is 5.41. The van der Waals surface area contributed by atoms with E-state index in [9.17, 15) is 0 Å². The van der Waals surface area contributed by atoms with Gasteiger partial charge in [-0.2, -0.15) is 5.26 Å². The Morgan fingerprint density at radius 1 is 1.52 bits per heavy atom. The lowest BCUT2D eigenvalue weighted by molar-refractivity contribution is 0.187. The second kappa shape index (κ2) is 6.27. The van der Waals surface area contributed by atoms with E-state index in [1.807, 2.05) is 24.3 Å². The van der Waals surface area contributed by atoms with Gasteiger partial charge in [0.15, 0.2) is 0 Å². The van der Waals surface area contributed by atoms with Gasteiger partial charge in [-0.25, -0.2) is 4.98 Å². The summed E-state index contributed by atoms with van der Waals surface area (Å²) in [6.07, 6.45) is 1.65. The molecule has 0 spiro atoms. The van der Waals surface area contributed by atoms with Crippen molar-refractivity contribution in [1.29, 1.82) is 5.26 Å². The van der Waals surface area contributed by atoms with Crippen molar-refractivity contribution in [3.8, 4) is 17.5 Å². The van der Waals surface area contributed by atoms with Crippen molar-refractivity contribution < 1.29 is 4.42 Å². The second-order valence-electron chi connectivity index (χ2n) is 4.97. The Labute approximate surface area is 128 Å². The molecule has 2 heterocycles. The quantitative estimate of drug-likeness (QED) is 0.942. The molecule has 21 heavy (non-hydrogen) atoms. The maximum absolute atomic E-state index is 9.16. The molecular weight excluding hydrogens is 288 g/mol. The largest absolute Gasteiger partial charge is 0.444 e. The summed E-state index contributed by atoms with van der Waals surface area (Å²) in [6, 6.07) is 9.59. The van der Waals surface area contributed by atoms with Crippen molar-refractivity contribution in [2.45, 2.75) is 12.6 Å². The molecule has 2 aromatic rings. The third-order valence-electron chi connectivity index (χ3n) is 3.49. The summed E-state index contributed by atoms with van der Waals surface area (Å²) in [5.41, 5.74) is 1.68. The zero-order valence-electron chi connectivity index (χ0n) is 11.4. The monoisotopic (exact) mass is 302 g/mol. The summed E-state index contributed by atoms with van der Waals surface area (Å²) >= 11 is 5.97. The van der Waals surface area contributed by atoms with E-state index in [0.717, 1.165) is 24.3 Å². The van der Waals surface area contributed by atoms with Gasteiger partial charge in [-0.1, -0.05) is 17.7 Å². The molecule has 1 aliphatic heterocycles. The van der Waals surface area contributed by atoms with E-state index < -0.39 is 0 Å². The number of aromatic nitrogens is 1. The number of nitriles is 1. The molecule has 1 aliphatic rings. The summed E-state index contributed by atoms with van der Waals surface area (Å²) < 4.78 is 5.52. The highest BCUT2D eigenvalue weighted by molar-refractivity contribution is 6.30. The van der Waals surface area contributed by atoms with Crippen LogP contribution >= 0.6 is 11.6 Å². The van der Waals surface area contributed by atoms with Crippen molar-refractivity contribution in [3.63, 3.8) is 0 Å². The Kier molecular flexibility index (Phi) is 4.20. The van der Waals surface area contributed by atoms with Gasteiger partial charge in [0.2, 0.25) is 5.89 Å². The predicted molar refractivity (Wildman–Crippen MR) is 79.6 cm³/mol. The van der Waals surface area contributed by atoms with Crippen LogP contribution in [-0.2, 0) is 6.54 Å². The highest BCUT2D eigenvalue weighted by Crippen LogP contribution is 2.22. The van der Waals surface area contributed by atoms with Crippen LogP contribution in [0, 0.1) is 11.3 Å². The first-order valence-corrected chi connectivity index (χ1v) is 7.19. The molecule has 1 unspecified atom stereocenters. The molecule has 1 atom stereocenters. The number of halogens is 1. The summed E-state index contributed by atoms with van der Waals surface area (Å²) in [4.78, 5) is 6.59. The molecule has 1 aromatic heterocycles. The van der Waals surface area contributed by atoms with E-state index in [-0.39, 0.29) is 6.04 Å². The molecule has 3 rings (SSSR count). The van der Waals surface area contributed by atoms with Gasteiger partial charge in [-0.3, -0.25) is 4.90 Å². The number of hydrogen-bond donors (Lipinski definition) is 1. The van der Waals surface area contributed by atoms with Gasteiger partial charge in [0.1, 0.15) is 12.3 Å². The molecule has 1 fully saturated rings. The van der Waals surface area contributed by atoms with Crippen LogP contribution in [0.15, 0.2) is 34.9 Å². The fourth-order valence-corrected chi connectivity index (χ4v) is 2.59. The van der Waals surface area contributed by atoms with E-state index in [4.69, 9.17) is 21.3 Å². The number of oxazole rings is 1. The lowest BCUT2D eigenvalue weighted by Crippen LogP contribution is -2.50. The predicted octanol–water partition coefficient (Wildman–Crippen LogP) is 2.29. The van der Waals surface area contributed by atoms with Crippen LogP contribution in [0.25, 0.3) is 11.5 Å². The molecule has 0 saturated carbocycles. The number of piperazine rings is 1. The molecule has 0 amide bonds. The first kappa shape index (κ1) is 14.1. The van der Waals surface area contributed by atoms with Gasteiger partial charge in [-0.15, -0.1) is 0 Å². The number of benzene rings is 1. The van der Waals surface area contributed by atoms with Gasteiger partial charge in [0.25, 0.3) is 0 Å². The van der Waals surface area contributed by atoms with E-state index in [1.54, 1.807) is 6.26 Å². The van der Waals surface area contributed by atoms with Crippen molar-refractivity contribution in [1.82, 2.24) is 15.2 Å². The van der Waals surface area contributed by atoms with Crippen LogP contribution in [0.2, 0.25) is 5.02 Å². The first-order valence-electron chi connectivity index (χ1n) is 6.81. The fourth-order valence-electron chi connectivity index (χ4n) is 2.40. The summed E-state index contributed by atoms with van der Waals surface area (Å²) in [5, 5.41) is 13.0. The van der Waals surface area contributed by atoms with Gasteiger partial charge in [0, 0.05) is 36.8 Å². The molecule has 0 radical (unpaired) electrons. The van der Waals surface area contributed by atoms with E-state index >= 15 is 0 Å². The summed E-state index contributed by atoms with van der Waals surface area (Å²) in [7, 11) is 0. The highest BCUT2D eigenvalue weighted by Gasteiger charge is 2.22. The lowest BCUT2D eigenvalue weighted by Gasteiger charge is -2.30. The zero-order valence-corrected chi connectivity index (χ0v) is 12.2. The van der Waals surface area contributed by atoms with Crippen LogP contribution in [-0.4, -0.2) is 35.6 Å². The minimum Gasteiger partial charge on any atom is -0.444 e. The molecule has 6 heteroatoms. The Bertz CT molecular complexity index is 664. The highest BCUT2D eigenvalue weighted by atomic mass is 35.5. The standard InChI is InChI=1S/C15H15ClN4O/c16-12-3-1-2-11(6-12)15-19-13(10-21-15)9-20-5-4-18-8-14(20)7-17/h1-3,6,10,14,18H,4-5,8-9H2. The number of rotatable bonds is 3. The minimum absolute atomic E-state index is 0.120. The average molecular weight is 303 g/mol. The van der Waals surface area contributed by atoms with E-state index in [2.05, 4.69) is 21.3 Å². The maximum Gasteiger partial charge on any atom is 0.226 e. The van der Waals surface area contributed by atoms with E-state index in [1.165, 1.54) is 0 Å².